The van der Waals surface area contributed by atoms with E-state index in [1.165, 1.54) is 0 Å². The van der Waals surface area contributed by atoms with Gasteiger partial charge in [-0.1, -0.05) is 24.3 Å². The highest BCUT2D eigenvalue weighted by atomic mass is 16.5. The second kappa shape index (κ2) is 6.96. The Morgan fingerprint density at radius 3 is 2.96 bits per heavy atom. The molecule has 0 aliphatic carbocycles. The fourth-order valence-electron chi connectivity index (χ4n) is 2.96. The van der Waals surface area contributed by atoms with Crippen LogP contribution in [-0.4, -0.2) is 36.7 Å². The largest absolute Gasteiger partial charge is 0.373 e. The number of benzene rings is 1. The predicted molar refractivity (Wildman–Crippen MR) is 93.5 cm³/mol. The molecule has 0 spiro atoms. The molecule has 2 aromatic rings. The van der Waals surface area contributed by atoms with E-state index in [0.717, 1.165) is 48.4 Å². The van der Waals surface area contributed by atoms with Gasteiger partial charge >= 0.3 is 0 Å². The van der Waals surface area contributed by atoms with Gasteiger partial charge in [-0.05, 0) is 31.4 Å². The second-order valence-corrected chi connectivity index (χ2v) is 6.17. The summed E-state index contributed by atoms with van der Waals surface area (Å²) in [7, 11) is 1.79. The van der Waals surface area contributed by atoms with E-state index in [9.17, 15) is 0 Å². The first-order chi connectivity index (χ1) is 11.2. The van der Waals surface area contributed by atoms with Gasteiger partial charge in [0, 0.05) is 38.3 Å². The van der Waals surface area contributed by atoms with Crippen molar-refractivity contribution in [3.63, 3.8) is 0 Å². The first-order valence-corrected chi connectivity index (χ1v) is 8.11. The van der Waals surface area contributed by atoms with Crippen molar-refractivity contribution in [2.24, 2.45) is 4.99 Å². The Labute approximate surface area is 137 Å². The normalized spacial score (nSPS) is 21.6. The number of fused-ring (bicyclic) bond motifs is 1. The summed E-state index contributed by atoms with van der Waals surface area (Å²) < 4.78 is 5.80. The standard InChI is InChI=1S/C18H24N4O/c1-18(9-5-11-23-18)13-22-17(19-2)21-12-15-7-3-6-14-8-4-10-20-16(14)15/h3-4,6-8,10H,5,9,11-13H2,1-2H3,(H2,19,21,22). The van der Waals surface area contributed by atoms with Crippen molar-refractivity contribution in [2.75, 3.05) is 20.2 Å². The number of ether oxygens (including phenoxy) is 1. The molecule has 0 bridgehead atoms. The summed E-state index contributed by atoms with van der Waals surface area (Å²) in [5.41, 5.74) is 2.11. The third kappa shape index (κ3) is 3.79. The van der Waals surface area contributed by atoms with Crippen molar-refractivity contribution in [1.29, 1.82) is 0 Å². The fourth-order valence-corrected chi connectivity index (χ4v) is 2.96. The number of guanidine groups is 1. The summed E-state index contributed by atoms with van der Waals surface area (Å²) in [4.78, 5) is 8.78. The highest BCUT2D eigenvalue weighted by Crippen LogP contribution is 2.23. The van der Waals surface area contributed by atoms with Crippen LogP contribution in [-0.2, 0) is 11.3 Å². The Bertz CT molecular complexity index is 687. The number of rotatable bonds is 4. The predicted octanol–water partition coefficient (Wildman–Crippen LogP) is 2.47. The Hall–Kier alpha value is -2.14. The van der Waals surface area contributed by atoms with Gasteiger partial charge in [-0.15, -0.1) is 0 Å². The molecule has 2 heterocycles. The summed E-state index contributed by atoms with van der Waals surface area (Å²) in [6.07, 6.45) is 4.05. The van der Waals surface area contributed by atoms with Crippen LogP contribution in [0.2, 0.25) is 0 Å². The van der Waals surface area contributed by atoms with Gasteiger partial charge in [0.2, 0.25) is 0 Å². The molecule has 23 heavy (non-hydrogen) atoms. The number of pyridine rings is 1. The highest BCUT2D eigenvalue weighted by molar-refractivity contribution is 5.83. The first-order valence-electron chi connectivity index (χ1n) is 8.11. The lowest BCUT2D eigenvalue weighted by Gasteiger charge is -2.24. The summed E-state index contributed by atoms with van der Waals surface area (Å²) in [6.45, 7) is 4.45. The molecular weight excluding hydrogens is 288 g/mol. The number of aromatic nitrogens is 1. The van der Waals surface area contributed by atoms with E-state index in [1.807, 2.05) is 12.3 Å². The number of hydrogen-bond acceptors (Lipinski definition) is 3. The van der Waals surface area contributed by atoms with Crippen LogP contribution in [0.15, 0.2) is 41.5 Å². The van der Waals surface area contributed by atoms with Crippen LogP contribution in [0.4, 0.5) is 0 Å². The van der Waals surface area contributed by atoms with E-state index in [4.69, 9.17) is 4.74 Å². The minimum Gasteiger partial charge on any atom is -0.373 e. The van der Waals surface area contributed by atoms with Crippen LogP contribution in [0.25, 0.3) is 10.9 Å². The van der Waals surface area contributed by atoms with Crippen LogP contribution in [0.1, 0.15) is 25.3 Å². The molecule has 1 saturated heterocycles. The van der Waals surface area contributed by atoms with Gasteiger partial charge in [0.25, 0.3) is 0 Å². The molecule has 1 fully saturated rings. The molecule has 2 N–H and O–H groups in total. The Kier molecular flexibility index (Phi) is 4.76. The van der Waals surface area contributed by atoms with Gasteiger partial charge < -0.3 is 15.4 Å². The highest BCUT2D eigenvalue weighted by Gasteiger charge is 2.29. The molecule has 0 saturated carbocycles. The topological polar surface area (TPSA) is 58.5 Å². The van der Waals surface area contributed by atoms with Crippen LogP contribution >= 0.6 is 0 Å². The second-order valence-electron chi connectivity index (χ2n) is 6.17. The van der Waals surface area contributed by atoms with Crippen molar-refractivity contribution in [3.8, 4) is 0 Å². The van der Waals surface area contributed by atoms with Crippen molar-refractivity contribution in [3.05, 3.63) is 42.1 Å². The van der Waals surface area contributed by atoms with Gasteiger partial charge in [-0.2, -0.15) is 0 Å². The maximum absolute atomic E-state index is 5.80. The summed E-state index contributed by atoms with van der Waals surface area (Å²) in [5.74, 6) is 0.787. The molecule has 122 valence electrons. The van der Waals surface area contributed by atoms with E-state index in [2.05, 4.69) is 51.8 Å². The Morgan fingerprint density at radius 1 is 1.30 bits per heavy atom. The van der Waals surface area contributed by atoms with Crippen LogP contribution in [0, 0.1) is 0 Å². The quantitative estimate of drug-likeness (QED) is 0.672. The molecule has 1 aromatic carbocycles. The molecule has 5 heteroatoms. The SMILES string of the molecule is CN=C(NCc1cccc2cccnc12)NCC1(C)CCCO1. The first kappa shape index (κ1) is 15.7. The van der Waals surface area contributed by atoms with Crippen molar-refractivity contribution in [2.45, 2.75) is 31.9 Å². The summed E-state index contributed by atoms with van der Waals surface area (Å²) in [5, 5.41) is 7.88. The molecule has 0 amide bonds. The molecule has 0 radical (unpaired) electrons. The number of aliphatic imine (C=N–C) groups is 1. The van der Waals surface area contributed by atoms with Gasteiger partial charge in [0.15, 0.2) is 5.96 Å². The van der Waals surface area contributed by atoms with Gasteiger partial charge in [0.05, 0.1) is 11.1 Å². The van der Waals surface area contributed by atoms with Crippen LogP contribution in [0.3, 0.4) is 0 Å². The van der Waals surface area contributed by atoms with E-state index < -0.39 is 0 Å². The number of nitrogens with zero attached hydrogens (tertiary/aromatic N) is 2. The van der Waals surface area contributed by atoms with Gasteiger partial charge in [-0.3, -0.25) is 9.98 Å². The zero-order valence-electron chi connectivity index (χ0n) is 13.8. The van der Waals surface area contributed by atoms with Crippen LogP contribution < -0.4 is 10.6 Å². The minimum absolute atomic E-state index is 0.0847. The average molecular weight is 312 g/mol. The maximum Gasteiger partial charge on any atom is 0.191 e. The summed E-state index contributed by atoms with van der Waals surface area (Å²) >= 11 is 0. The average Bonchev–Trinajstić information content (AvgIpc) is 3.02. The van der Waals surface area contributed by atoms with Crippen molar-refractivity contribution in [1.82, 2.24) is 15.6 Å². The smallest absolute Gasteiger partial charge is 0.191 e. The lowest BCUT2D eigenvalue weighted by Crippen LogP contribution is -2.45. The Balaban J connectivity index is 1.61. The third-order valence-corrected chi connectivity index (χ3v) is 4.32. The number of para-hydroxylation sites is 1. The van der Waals surface area contributed by atoms with Crippen molar-refractivity contribution >= 4 is 16.9 Å². The lowest BCUT2D eigenvalue weighted by molar-refractivity contribution is 0.0243. The zero-order valence-corrected chi connectivity index (χ0v) is 13.8. The lowest BCUT2D eigenvalue weighted by atomic mass is 10.0. The van der Waals surface area contributed by atoms with Crippen molar-refractivity contribution < 1.29 is 4.74 Å². The molecular formula is C18H24N4O. The van der Waals surface area contributed by atoms with Gasteiger partial charge in [-0.25, -0.2) is 0 Å². The van der Waals surface area contributed by atoms with Crippen LogP contribution in [0.5, 0.6) is 0 Å². The molecule has 3 rings (SSSR count). The molecule has 5 nitrogen and oxygen atoms in total. The van der Waals surface area contributed by atoms with E-state index in [1.54, 1.807) is 7.05 Å². The van der Waals surface area contributed by atoms with E-state index in [-0.39, 0.29) is 5.60 Å². The monoisotopic (exact) mass is 312 g/mol. The van der Waals surface area contributed by atoms with E-state index in [0.29, 0.717) is 6.54 Å². The number of nitrogens with one attached hydrogen (secondary N) is 2. The third-order valence-electron chi connectivity index (χ3n) is 4.32. The zero-order chi connectivity index (χ0) is 16.1. The van der Waals surface area contributed by atoms with Gasteiger partial charge in [0.1, 0.15) is 0 Å². The molecule has 1 aliphatic rings. The maximum atomic E-state index is 5.80. The molecule has 1 aliphatic heterocycles. The minimum atomic E-state index is -0.0847. The Morgan fingerprint density at radius 2 is 2.17 bits per heavy atom. The summed E-state index contributed by atoms with van der Waals surface area (Å²) in [6, 6.07) is 10.3. The van der Waals surface area contributed by atoms with E-state index >= 15 is 0 Å². The molecule has 1 aromatic heterocycles. The fraction of sp³-hybridized carbons (Fsp3) is 0.444. The molecule has 1 atom stereocenters. The number of hydrogen-bond donors (Lipinski definition) is 2. The molecule has 1 unspecified atom stereocenters.